The van der Waals surface area contributed by atoms with Gasteiger partial charge in [-0.1, -0.05) is 11.6 Å². The Morgan fingerprint density at radius 1 is 1.00 bits per heavy atom. The lowest BCUT2D eigenvalue weighted by Crippen LogP contribution is -2.49. The van der Waals surface area contributed by atoms with Crippen LogP contribution in [0.15, 0.2) is 18.5 Å². The van der Waals surface area contributed by atoms with Crippen molar-refractivity contribution in [2.75, 3.05) is 11.4 Å². The molecule has 2 aliphatic heterocycles. The number of nitrogens with zero attached hydrogens (tertiary/aromatic N) is 5. The van der Waals surface area contributed by atoms with Gasteiger partial charge in [-0.25, -0.2) is 13.2 Å². The molecule has 0 radical (unpaired) electrons. The van der Waals surface area contributed by atoms with Gasteiger partial charge in [0.15, 0.2) is 0 Å². The molecule has 4 heterocycles. The average Bonchev–Trinajstić information content (AvgIpc) is 3.10. The van der Waals surface area contributed by atoms with Gasteiger partial charge in [0.2, 0.25) is 0 Å². The maximum atomic E-state index is 14.6. The molecule has 5 nitrogen and oxygen atoms in total. The fourth-order valence-electron chi connectivity index (χ4n) is 4.39. The lowest BCUT2D eigenvalue weighted by Gasteiger charge is -2.47. The molecule has 27 heavy (non-hydrogen) atoms. The van der Waals surface area contributed by atoms with Crippen molar-refractivity contribution in [3.8, 4) is 11.1 Å². The third kappa shape index (κ3) is 2.57. The van der Waals surface area contributed by atoms with Crippen LogP contribution in [-0.2, 0) is 0 Å². The molecule has 0 spiro atoms. The zero-order valence-electron chi connectivity index (χ0n) is 14.2. The van der Waals surface area contributed by atoms with Gasteiger partial charge in [0.05, 0.1) is 11.1 Å². The maximum absolute atomic E-state index is 14.6. The van der Waals surface area contributed by atoms with Gasteiger partial charge < -0.3 is 4.90 Å². The van der Waals surface area contributed by atoms with E-state index in [4.69, 9.17) is 11.6 Å². The molecule has 3 aliphatic rings. The summed E-state index contributed by atoms with van der Waals surface area (Å²) < 4.78 is 44.1. The number of hydrogen-bond donors (Lipinski definition) is 0. The summed E-state index contributed by atoms with van der Waals surface area (Å²) in [6, 6.07) is 1.52. The molecule has 1 saturated carbocycles. The van der Waals surface area contributed by atoms with Gasteiger partial charge in [-0.15, -0.1) is 0 Å². The zero-order valence-corrected chi connectivity index (χ0v) is 14.9. The molecule has 0 atom stereocenters. The molecule has 0 N–H and O–H groups in total. The van der Waals surface area contributed by atoms with Crippen LogP contribution < -0.4 is 4.90 Å². The normalized spacial score (nSPS) is 22.0. The minimum absolute atomic E-state index is 0.0808. The van der Waals surface area contributed by atoms with Crippen LogP contribution in [0, 0.1) is 23.4 Å². The second-order valence-electron chi connectivity index (χ2n) is 7.14. The van der Waals surface area contributed by atoms with Gasteiger partial charge in [-0.3, -0.25) is 0 Å². The van der Waals surface area contributed by atoms with E-state index in [1.807, 2.05) is 0 Å². The topological polar surface area (TPSA) is 46.3 Å². The molecule has 1 aliphatic carbocycles. The molecule has 1 aromatic carbocycles. The average molecular weight is 394 g/mol. The first-order chi connectivity index (χ1) is 13.0. The Labute approximate surface area is 157 Å². The Bertz CT molecular complexity index is 1020. The van der Waals surface area contributed by atoms with Crippen LogP contribution in [0.1, 0.15) is 25.7 Å². The number of piperidine rings is 2. The van der Waals surface area contributed by atoms with Gasteiger partial charge in [0, 0.05) is 24.7 Å². The quantitative estimate of drug-likeness (QED) is 0.611. The molecule has 2 saturated heterocycles. The summed E-state index contributed by atoms with van der Waals surface area (Å²) in [4.78, 5) is 10.3. The summed E-state index contributed by atoms with van der Waals surface area (Å²) in [6.45, 7) is 0.747. The number of fused-ring (bicyclic) bond motifs is 4. The highest BCUT2D eigenvalue weighted by Crippen LogP contribution is 2.44. The van der Waals surface area contributed by atoms with Crippen molar-refractivity contribution in [1.29, 1.82) is 0 Å². The van der Waals surface area contributed by atoms with Crippen molar-refractivity contribution < 1.29 is 13.2 Å². The van der Waals surface area contributed by atoms with Crippen LogP contribution >= 0.6 is 11.6 Å². The highest BCUT2D eigenvalue weighted by atomic mass is 35.5. The molecule has 6 rings (SSSR count). The molecule has 140 valence electrons. The zero-order chi connectivity index (χ0) is 18.7. The second kappa shape index (κ2) is 6.09. The summed E-state index contributed by atoms with van der Waals surface area (Å²) in [5.41, 5.74) is -0.319. The number of hydrogen-bond acceptors (Lipinski definition) is 4. The fourth-order valence-corrected chi connectivity index (χ4v) is 4.64. The predicted molar refractivity (Wildman–Crippen MR) is 94.2 cm³/mol. The van der Waals surface area contributed by atoms with E-state index in [9.17, 15) is 13.2 Å². The minimum Gasteiger partial charge on any atom is -0.353 e. The van der Waals surface area contributed by atoms with Crippen LogP contribution in [-0.4, -0.2) is 32.2 Å². The fraction of sp³-hybridized carbons (Fsp3) is 0.389. The van der Waals surface area contributed by atoms with Crippen LogP contribution in [0.4, 0.5) is 19.0 Å². The standard InChI is InChI=1S/C18H15ClF3N5/c19-16-15(14-12(21)5-10(20)6-13(14)22)17(27-18(25-16)23-8-24-27)26-7-9-1-3-11(26)4-2-9/h5-6,8-9,11H,1-4,7H2. The van der Waals surface area contributed by atoms with E-state index >= 15 is 0 Å². The Morgan fingerprint density at radius 2 is 1.70 bits per heavy atom. The van der Waals surface area contributed by atoms with Gasteiger partial charge >= 0.3 is 0 Å². The van der Waals surface area contributed by atoms with Crippen LogP contribution in [0.3, 0.4) is 0 Å². The number of halogens is 4. The molecule has 0 amide bonds. The van der Waals surface area contributed by atoms with Crippen molar-refractivity contribution in [3.05, 3.63) is 41.1 Å². The van der Waals surface area contributed by atoms with E-state index in [1.54, 1.807) is 0 Å². The molecule has 2 bridgehead atoms. The van der Waals surface area contributed by atoms with E-state index in [-0.39, 0.29) is 22.5 Å². The van der Waals surface area contributed by atoms with Crippen molar-refractivity contribution in [1.82, 2.24) is 19.6 Å². The number of anilines is 1. The van der Waals surface area contributed by atoms with Crippen molar-refractivity contribution in [2.24, 2.45) is 5.92 Å². The third-order valence-electron chi connectivity index (χ3n) is 5.60. The highest BCUT2D eigenvalue weighted by molar-refractivity contribution is 6.33. The smallest absolute Gasteiger partial charge is 0.255 e. The van der Waals surface area contributed by atoms with E-state index in [0.717, 1.165) is 32.2 Å². The van der Waals surface area contributed by atoms with E-state index < -0.39 is 23.0 Å². The Hall–Kier alpha value is -2.35. The summed E-state index contributed by atoms with van der Waals surface area (Å²) in [7, 11) is 0. The summed E-state index contributed by atoms with van der Waals surface area (Å²) >= 11 is 6.36. The first-order valence-corrected chi connectivity index (χ1v) is 9.21. The summed E-state index contributed by atoms with van der Waals surface area (Å²) in [6.07, 6.45) is 5.58. The number of rotatable bonds is 2. The highest BCUT2D eigenvalue weighted by Gasteiger charge is 2.38. The van der Waals surface area contributed by atoms with Gasteiger partial charge in [-0.2, -0.15) is 19.6 Å². The number of benzene rings is 1. The molecule has 3 fully saturated rings. The van der Waals surface area contributed by atoms with Crippen LogP contribution in [0.5, 0.6) is 0 Å². The van der Waals surface area contributed by atoms with Crippen LogP contribution in [0.2, 0.25) is 5.15 Å². The molecule has 9 heteroatoms. The Morgan fingerprint density at radius 3 is 2.33 bits per heavy atom. The van der Waals surface area contributed by atoms with E-state index in [1.165, 1.54) is 10.8 Å². The van der Waals surface area contributed by atoms with Gasteiger partial charge in [0.1, 0.15) is 34.7 Å². The van der Waals surface area contributed by atoms with E-state index in [0.29, 0.717) is 23.9 Å². The largest absolute Gasteiger partial charge is 0.353 e. The molecule has 0 unspecified atom stereocenters. The third-order valence-corrected chi connectivity index (χ3v) is 5.87. The maximum Gasteiger partial charge on any atom is 0.255 e. The molecular weight excluding hydrogens is 379 g/mol. The van der Waals surface area contributed by atoms with Crippen molar-refractivity contribution in [3.63, 3.8) is 0 Å². The Balaban J connectivity index is 1.82. The van der Waals surface area contributed by atoms with Crippen molar-refractivity contribution in [2.45, 2.75) is 31.7 Å². The summed E-state index contributed by atoms with van der Waals surface area (Å²) in [5.74, 6) is -1.82. The first-order valence-electron chi connectivity index (χ1n) is 8.83. The van der Waals surface area contributed by atoms with E-state index in [2.05, 4.69) is 20.0 Å². The lowest BCUT2D eigenvalue weighted by atomic mass is 9.80. The first kappa shape index (κ1) is 16.8. The molecule has 2 aromatic heterocycles. The van der Waals surface area contributed by atoms with Crippen molar-refractivity contribution >= 4 is 23.2 Å². The SMILES string of the molecule is Fc1cc(F)c(-c2c(Cl)nc3ncnn3c2N2CC3CCC2CC3)c(F)c1. The molecular formula is C18H15ClF3N5. The summed E-state index contributed by atoms with van der Waals surface area (Å²) in [5, 5.41) is 4.12. The van der Waals surface area contributed by atoms with Gasteiger partial charge in [-0.05, 0) is 31.6 Å². The monoisotopic (exact) mass is 393 g/mol. The lowest BCUT2D eigenvalue weighted by molar-refractivity contribution is 0.250. The predicted octanol–water partition coefficient (Wildman–Crippen LogP) is 4.24. The van der Waals surface area contributed by atoms with Crippen LogP contribution in [0.25, 0.3) is 16.9 Å². The second-order valence-corrected chi connectivity index (χ2v) is 7.50. The minimum atomic E-state index is -1.03. The number of aromatic nitrogens is 4. The Kier molecular flexibility index (Phi) is 3.79. The molecule has 3 aromatic rings. The van der Waals surface area contributed by atoms with Gasteiger partial charge in [0.25, 0.3) is 5.78 Å².